The highest BCUT2D eigenvalue weighted by Gasteiger charge is 2.20. The minimum absolute atomic E-state index is 0.0809. The monoisotopic (exact) mass is 746 g/mol. The van der Waals surface area contributed by atoms with Gasteiger partial charge in [0.1, 0.15) is 11.2 Å². The number of ether oxygens (including phenoxy) is 2. The lowest BCUT2D eigenvalue weighted by molar-refractivity contribution is -0.156. The van der Waals surface area contributed by atoms with Crippen molar-refractivity contribution in [3.05, 3.63) is 51.5 Å². The summed E-state index contributed by atoms with van der Waals surface area (Å²) in [7, 11) is 0. The van der Waals surface area contributed by atoms with Crippen molar-refractivity contribution in [1.82, 2.24) is 25.1 Å². The topological polar surface area (TPSA) is 100 Å². The van der Waals surface area contributed by atoms with Gasteiger partial charge >= 0.3 is 11.9 Å². The number of esters is 2. The zero-order chi connectivity index (χ0) is 36.6. The van der Waals surface area contributed by atoms with Gasteiger partial charge in [0.2, 0.25) is 0 Å². The summed E-state index contributed by atoms with van der Waals surface area (Å²) >= 11 is 3.37. The van der Waals surface area contributed by atoms with Gasteiger partial charge in [0, 0.05) is 98.1 Å². The number of carbonyl (C=O) groups is 2. The molecule has 2 aliphatic heterocycles. The van der Waals surface area contributed by atoms with Gasteiger partial charge in [0.05, 0.1) is 0 Å². The maximum atomic E-state index is 11.7. The van der Waals surface area contributed by atoms with Gasteiger partial charge < -0.3 is 24.6 Å². The molecule has 0 bridgehead atoms. The zero-order valence-corrected chi connectivity index (χ0v) is 33.5. The molecule has 0 spiro atoms. The Morgan fingerprint density at radius 2 is 1.06 bits per heavy atom. The SMILES string of the molecule is CC(C)(C)OC(=O)CCCN1CCNCC1.Cc1cc(Br)cc(C)n1.Cc1cc(N2CCN(CCCC(=O)OC(C)(C)C)CC2)cc(C)n1. The minimum atomic E-state index is -0.385. The molecule has 2 aliphatic rings. The van der Waals surface area contributed by atoms with E-state index in [0.717, 1.165) is 106 Å². The Labute approximate surface area is 304 Å². The van der Waals surface area contributed by atoms with E-state index >= 15 is 0 Å². The van der Waals surface area contributed by atoms with Crippen molar-refractivity contribution in [2.45, 2.75) is 106 Å². The van der Waals surface area contributed by atoms with Crippen molar-refractivity contribution >= 4 is 33.6 Å². The van der Waals surface area contributed by atoms with Gasteiger partial charge in [-0.05, 0) is 119 Å². The fourth-order valence-corrected chi connectivity index (χ4v) is 6.28. The van der Waals surface area contributed by atoms with Crippen LogP contribution < -0.4 is 10.2 Å². The van der Waals surface area contributed by atoms with Crippen LogP contribution >= 0.6 is 15.9 Å². The first-order valence-electron chi connectivity index (χ1n) is 17.8. The molecule has 2 fully saturated rings. The van der Waals surface area contributed by atoms with E-state index in [2.05, 4.69) is 58.0 Å². The average Bonchev–Trinajstić information content (AvgIpc) is 2.96. The van der Waals surface area contributed by atoms with Crippen LogP contribution in [0, 0.1) is 27.7 Å². The highest BCUT2D eigenvalue weighted by Crippen LogP contribution is 2.19. The molecule has 2 saturated heterocycles. The number of aryl methyl sites for hydroxylation is 4. The van der Waals surface area contributed by atoms with Gasteiger partial charge in [-0.15, -0.1) is 0 Å². The van der Waals surface area contributed by atoms with E-state index in [9.17, 15) is 9.59 Å². The Morgan fingerprint density at radius 3 is 1.45 bits per heavy atom. The summed E-state index contributed by atoms with van der Waals surface area (Å²) < 4.78 is 11.7. The molecule has 0 radical (unpaired) electrons. The molecular weight excluding hydrogens is 684 g/mol. The molecule has 0 saturated carbocycles. The third kappa shape index (κ3) is 20.0. The number of pyridine rings is 2. The maximum Gasteiger partial charge on any atom is 0.306 e. The molecule has 4 rings (SSSR count). The lowest BCUT2D eigenvalue weighted by Gasteiger charge is -2.36. The number of nitrogens with zero attached hydrogens (tertiary/aromatic N) is 5. The lowest BCUT2D eigenvalue weighted by atomic mass is 10.2. The summed E-state index contributed by atoms with van der Waals surface area (Å²) in [6, 6.07) is 8.30. The van der Waals surface area contributed by atoms with Gasteiger partial charge in [-0.3, -0.25) is 24.5 Å². The molecule has 11 heteroatoms. The smallest absolute Gasteiger partial charge is 0.306 e. The first-order chi connectivity index (χ1) is 22.9. The molecule has 10 nitrogen and oxygen atoms in total. The third-order valence-corrected chi connectivity index (χ3v) is 8.07. The number of halogens is 1. The van der Waals surface area contributed by atoms with Crippen molar-refractivity contribution in [2.24, 2.45) is 0 Å². The molecule has 0 atom stereocenters. The second kappa shape index (κ2) is 20.9. The Balaban J connectivity index is 0.000000285. The average molecular weight is 748 g/mol. The maximum absolute atomic E-state index is 11.7. The number of rotatable bonds is 9. The van der Waals surface area contributed by atoms with Crippen LogP contribution in [0.1, 0.15) is 90.0 Å². The zero-order valence-electron chi connectivity index (χ0n) is 32.0. The van der Waals surface area contributed by atoms with E-state index in [4.69, 9.17) is 9.47 Å². The van der Waals surface area contributed by atoms with Gasteiger partial charge in [0.25, 0.3) is 0 Å². The Kier molecular flexibility index (Phi) is 18.2. The minimum Gasteiger partial charge on any atom is -0.460 e. The summed E-state index contributed by atoms with van der Waals surface area (Å²) in [6.07, 6.45) is 2.79. The van der Waals surface area contributed by atoms with Crippen LogP contribution in [0.5, 0.6) is 0 Å². The Bertz CT molecular complexity index is 1230. The van der Waals surface area contributed by atoms with E-state index in [0.29, 0.717) is 12.8 Å². The van der Waals surface area contributed by atoms with Crippen molar-refractivity contribution < 1.29 is 19.1 Å². The van der Waals surface area contributed by atoms with E-state index in [-0.39, 0.29) is 23.1 Å². The molecular formula is C38H63BrN6O4. The summed E-state index contributed by atoms with van der Waals surface area (Å²) in [5.41, 5.74) is 4.79. The van der Waals surface area contributed by atoms with E-state index in [1.165, 1.54) is 5.69 Å². The molecule has 0 amide bonds. The largest absolute Gasteiger partial charge is 0.460 e. The van der Waals surface area contributed by atoms with E-state index in [1.807, 2.05) is 81.4 Å². The number of piperazine rings is 2. The Hall–Kier alpha value is -2.60. The quantitative estimate of drug-likeness (QED) is 0.290. The van der Waals surface area contributed by atoms with Crippen LogP contribution in [-0.2, 0) is 19.1 Å². The van der Waals surface area contributed by atoms with Gasteiger partial charge in [0.15, 0.2) is 0 Å². The van der Waals surface area contributed by atoms with Crippen LogP contribution in [0.4, 0.5) is 5.69 Å². The van der Waals surface area contributed by atoms with Crippen molar-refractivity contribution in [2.75, 3.05) is 70.3 Å². The predicted octanol–water partition coefficient (Wildman–Crippen LogP) is 6.42. The van der Waals surface area contributed by atoms with Gasteiger partial charge in [-0.2, -0.15) is 0 Å². The number of anilines is 1. The van der Waals surface area contributed by atoms with Crippen molar-refractivity contribution in [3.8, 4) is 0 Å². The molecule has 1 N–H and O–H groups in total. The normalized spacial score (nSPS) is 15.8. The molecule has 49 heavy (non-hydrogen) atoms. The number of hydrogen-bond donors (Lipinski definition) is 1. The number of carbonyl (C=O) groups excluding carboxylic acids is 2. The molecule has 2 aromatic heterocycles. The molecule has 0 unspecified atom stereocenters. The summed E-state index contributed by atoms with van der Waals surface area (Å²) in [5, 5.41) is 3.31. The van der Waals surface area contributed by atoms with E-state index in [1.54, 1.807) is 0 Å². The molecule has 2 aromatic rings. The second-order valence-electron chi connectivity index (χ2n) is 15.0. The molecule has 0 aliphatic carbocycles. The predicted molar refractivity (Wildman–Crippen MR) is 203 cm³/mol. The van der Waals surface area contributed by atoms with Gasteiger partial charge in [-0.25, -0.2) is 0 Å². The van der Waals surface area contributed by atoms with Crippen LogP contribution in [0.15, 0.2) is 28.7 Å². The second-order valence-corrected chi connectivity index (χ2v) is 15.9. The molecule has 276 valence electrons. The molecule has 0 aromatic carbocycles. The third-order valence-electron chi connectivity index (χ3n) is 7.61. The lowest BCUT2D eigenvalue weighted by Crippen LogP contribution is -2.46. The highest BCUT2D eigenvalue weighted by molar-refractivity contribution is 9.10. The standard InChI is InChI=1S/C19H31N3O2.C12H24N2O2.C7H8BrN/c1-15-13-17(14-16(2)20-15)22-11-9-21(10-12-22)8-6-7-18(23)24-19(3,4)5;1-12(2,3)16-11(15)5-4-8-14-9-6-13-7-10-14;1-5-3-7(8)4-6(2)9-5/h13-14H,6-12H2,1-5H3;13H,4-10H2,1-3H3;3-4H,1-2H3. The van der Waals surface area contributed by atoms with Gasteiger partial charge in [-0.1, -0.05) is 15.9 Å². The summed E-state index contributed by atoms with van der Waals surface area (Å²) in [6.45, 7) is 29.9. The summed E-state index contributed by atoms with van der Waals surface area (Å²) in [4.78, 5) is 39.1. The van der Waals surface area contributed by atoms with Crippen molar-refractivity contribution in [3.63, 3.8) is 0 Å². The number of hydrogen-bond acceptors (Lipinski definition) is 10. The van der Waals surface area contributed by atoms with Crippen LogP contribution in [-0.4, -0.2) is 108 Å². The first kappa shape index (κ1) is 42.6. The fourth-order valence-electron chi connectivity index (χ4n) is 5.62. The Morgan fingerprint density at radius 1 is 0.673 bits per heavy atom. The molecule has 4 heterocycles. The number of aromatic nitrogens is 2. The van der Waals surface area contributed by atoms with Crippen molar-refractivity contribution in [1.29, 1.82) is 0 Å². The summed E-state index contributed by atoms with van der Waals surface area (Å²) in [5.74, 6) is -0.175. The fraction of sp³-hybridized carbons (Fsp3) is 0.684. The number of nitrogens with one attached hydrogen (secondary N) is 1. The highest BCUT2D eigenvalue weighted by atomic mass is 79.9. The van der Waals surface area contributed by atoms with Crippen LogP contribution in [0.25, 0.3) is 0 Å². The van der Waals surface area contributed by atoms with Crippen LogP contribution in [0.3, 0.4) is 0 Å². The van der Waals surface area contributed by atoms with Crippen LogP contribution in [0.2, 0.25) is 0 Å². The first-order valence-corrected chi connectivity index (χ1v) is 18.6. The van der Waals surface area contributed by atoms with E-state index < -0.39 is 0 Å².